The van der Waals surface area contributed by atoms with Crippen LogP contribution in [0.2, 0.25) is 0 Å². The second-order valence-electron chi connectivity index (χ2n) is 11.6. The van der Waals surface area contributed by atoms with Gasteiger partial charge in [0, 0.05) is 38.3 Å². The molecule has 1 spiro atoms. The third-order valence-electron chi connectivity index (χ3n) is 9.34. The summed E-state index contributed by atoms with van der Waals surface area (Å²) >= 11 is 0. The molecule has 3 saturated carbocycles. The smallest absolute Gasteiger partial charge is 0.0481 e. The van der Waals surface area contributed by atoms with E-state index in [1.165, 1.54) is 77.8 Å². The molecule has 2 heterocycles. The van der Waals surface area contributed by atoms with E-state index in [2.05, 4.69) is 53.2 Å². The summed E-state index contributed by atoms with van der Waals surface area (Å²) in [7, 11) is 0. The van der Waals surface area contributed by atoms with E-state index >= 15 is 0 Å². The second kappa shape index (κ2) is 6.80. The van der Waals surface area contributed by atoms with Crippen molar-refractivity contribution in [3.63, 3.8) is 0 Å². The summed E-state index contributed by atoms with van der Waals surface area (Å²) in [5.41, 5.74) is 4.65. The molecule has 0 amide bonds. The molecular weight excluding hydrogens is 354 g/mol. The van der Waals surface area contributed by atoms with Gasteiger partial charge in [-0.15, -0.1) is 0 Å². The van der Waals surface area contributed by atoms with Crippen LogP contribution in [0.4, 0.5) is 0 Å². The molecule has 0 radical (unpaired) electrons. The van der Waals surface area contributed by atoms with Crippen molar-refractivity contribution in [1.82, 2.24) is 15.1 Å². The van der Waals surface area contributed by atoms with Crippen LogP contribution in [0.25, 0.3) is 0 Å². The summed E-state index contributed by atoms with van der Waals surface area (Å²) in [6, 6.07) is 10.8. The Kier molecular flexibility index (Phi) is 4.42. The summed E-state index contributed by atoms with van der Waals surface area (Å²) < 4.78 is 0. The number of fused-ring (bicyclic) bond motifs is 1. The van der Waals surface area contributed by atoms with Crippen molar-refractivity contribution in [1.29, 1.82) is 0 Å². The number of piperidine rings is 1. The van der Waals surface area contributed by atoms with Crippen LogP contribution in [0.5, 0.6) is 0 Å². The monoisotopic (exact) mass is 393 g/mol. The van der Waals surface area contributed by atoms with Crippen LogP contribution in [-0.2, 0) is 0 Å². The fourth-order valence-corrected chi connectivity index (χ4v) is 7.10. The van der Waals surface area contributed by atoms with Crippen molar-refractivity contribution in [2.45, 2.75) is 70.4 Å². The first-order chi connectivity index (χ1) is 14.1. The fraction of sp³-hybridized carbons (Fsp3) is 0.769. The summed E-state index contributed by atoms with van der Waals surface area (Å²) in [6.45, 7) is 12.4. The van der Waals surface area contributed by atoms with Crippen LogP contribution in [0.3, 0.4) is 0 Å². The molecule has 1 aromatic rings. The Hall–Kier alpha value is -0.900. The maximum atomic E-state index is 3.57. The van der Waals surface area contributed by atoms with Gasteiger partial charge in [0.2, 0.25) is 0 Å². The van der Waals surface area contributed by atoms with E-state index in [1.54, 1.807) is 11.1 Å². The summed E-state index contributed by atoms with van der Waals surface area (Å²) in [5, 5.41) is 3.57. The Morgan fingerprint density at radius 2 is 1.76 bits per heavy atom. The molecular formula is C26H39N3. The molecule has 2 saturated heterocycles. The quantitative estimate of drug-likeness (QED) is 0.799. The molecule has 2 aliphatic heterocycles. The minimum Gasteiger partial charge on any atom is -0.317 e. The summed E-state index contributed by atoms with van der Waals surface area (Å²) in [6.07, 6.45) is 8.75. The molecule has 3 heteroatoms. The Bertz CT molecular complexity index is 751. The van der Waals surface area contributed by atoms with Crippen molar-refractivity contribution in [3.05, 3.63) is 35.4 Å². The molecule has 1 unspecified atom stereocenters. The van der Waals surface area contributed by atoms with Crippen LogP contribution >= 0.6 is 0 Å². The van der Waals surface area contributed by atoms with Gasteiger partial charge in [-0.3, -0.25) is 9.80 Å². The van der Waals surface area contributed by atoms with Gasteiger partial charge < -0.3 is 5.32 Å². The number of hydrogen-bond acceptors (Lipinski definition) is 3. The zero-order valence-corrected chi connectivity index (χ0v) is 18.5. The number of rotatable bonds is 5. The number of piperazine rings is 1. The fourth-order valence-electron chi connectivity index (χ4n) is 7.10. The zero-order valence-electron chi connectivity index (χ0n) is 18.5. The van der Waals surface area contributed by atoms with Crippen LogP contribution in [0.1, 0.15) is 75.5 Å². The standard InChI is InChI=1S/C26H39N3/c1-19(2)22-5-3-4-6-23(22)24-17-28(18-26-13-20(26)14-26)11-12-29(24)21-15-25(16-21)7-9-27-10-8-25/h3-6,19-21,24,27H,7-18H2,1-2H3. The molecule has 5 fully saturated rings. The number of nitrogens with one attached hydrogen (secondary N) is 1. The van der Waals surface area contributed by atoms with Gasteiger partial charge in [-0.1, -0.05) is 38.1 Å². The minimum atomic E-state index is 0.596. The molecule has 1 atom stereocenters. The second-order valence-corrected chi connectivity index (χ2v) is 11.6. The molecule has 158 valence electrons. The van der Waals surface area contributed by atoms with E-state index in [0.717, 1.165) is 17.4 Å². The van der Waals surface area contributed by atoms with Crippen molar-refractivity contribution >= 4 is 0 Å². The first-order valence-electron chi connectivity index (χ1n) is 12.4. The Labute approximate surface area is 177 Å². The molecule has 6 rings (SSSR count). The molecule has 1 N–H and O–H groups in total. The molecule has 29 heavy (non-hydrogen) atoms. The van der Waals surface area contributed by atoms with Crippen molar-refractivity contribution < 1.29 is 0 Å². The number of nitrogens with zero attached hydrogens (tertiary/aromatic N) is 2. The van der Waals surface area contributed by atoms with Gasteiger partial charge in [0.25, 0.3) is 0 Å². The third kappa shape index (κ3) is 3.28. The lowest BCUT2D eigenvalue weighted by molar-refractivity contribution is -0.0651. The molecule has 5 aliphatic rings. The highest BCUT2D eigenvalue weighted by Crippen LogP contribution is 2.75. The van der Waals surface area contributed by atoms with E-state index in [1.807, 2.05) is 0 Å². The lowest BCUT2D eigenvalue weighted by atomic mass is 9.60. The molecule has 3 nitrogen and oxygen atoms in total. The van der Waals surface area contributed by atoms with E-state index in [9.17, 15) is 0 Å². The van der Waals surface area contributed by atoms with Gasteiger partial charge in [-0.2, -0.15) is 0 Å². The van der Waals surface area contributed by atoms with Crippen molar-refractivity contribution in [3.8, 4) is 0 Å². The lowest BCUT2D eigenvalue weighted by Gasteiger charge is -2.57. The van der Waals surface area contributed by atoms with Gasteiger partial charge in [0.05, 0.1) is 0 Å². The third-order valence-corrected chi connectivity index (χ3v) is 9.34. The maximum absolute atomic E-state index is 3.57. The van der Waals surface area contributed by atoms with Crippen LogP contribution < -0.4 is 5.32 Å². The predicted octanol–water partition coefficient (Wildman–Crippen LogP) is 4.41. The Balaban J connectivity index is 1.23. The number of benzene rings is 1. The van der Waals surface area contributed by atoms with Crippen molar-refractivity contribution in [2.24, 2.45) is 16.7 Å². The minimum absolute atomic E-state index is 0.596. The average molecular weight is 394 g/mol. The lowest BCUT2D eigenvalue weighted by Crippen LogP contribution is -2.60. The highest BCUT2D eigenvalue weighted by atomic mass is 15.3. The van der Waals surface area contributed by atoms with Gasteiger partial charge in [-0.25, -0.2) is 0 Å². The van der Waals surface area contributed by atoms with Gasteiger partial charge in [-0.05, 0) is 85.4 Å². The van der Waals surface area contributed by atoms with E-state index < -0.39 is 0 Å². The largest absolute Gasteiger partial charge is 0.317 e. The van der Waals surface area contributed by atoms with E-state index in [0.29, 0.717) is 17.4 Å². The SMILES string of the molecule is CC(C)c1ccccc1C1CN(CC23CC2C3)CCN1C1CC2(CCNCC2)C1. The van der Waals surface area contributed by atoms with Crippen LogP contribution in [0.15, 0.2) is 24.3 Å². The van der Waals surface area contributed by atoms with Crippen molar-refractivity contribution in [2.75, 3.05) is 39.3 Å². The van der Waals surface area contributed by atoms with Crippen LogP contribution in [0, 0.1) is 16.7 Å². The summed E-state index contributed by atoms with van der Waals surface area (Å²) in [5.74, 6) is 1.71. The Morgan fingerprint density at radius 1 is 1.03 bits per heavy atom. The zero-order chi connectivity index (χ0) is 19.6. The number of hydrogen-bond donors (Lipinski definition) is 1. The van der Waals surface area contributed by atoms with Gasteiger partial charge in [0.1, 0.15) is 0 Å². The highest BCUT2D eigenvalue weighted by molar-refractivity contribution is 5.34. The first kappa shape index (κ1) is 18.8. The molecule has 1 aromatic carbocycles. The highest BCUT2D eigenvalue weighted by Gasteiger charge is 2.69. The normalized spacial score (nSPS) is 36.8. The average Bonchev–Trinajstić information content (AvgIpc) is 3.57. The topological polar surface area (TPSA) is 18.5 Å². The summed E-state index contributed by atoms with van der Waals surface area (Å²) in [4.78, 5) is 5.78. The van der Waals surface area contributed by atoms with E-state index in [-0.39, 0.29) is 0 Å². The van der Waals surface area contributed by atoms with Crippen LogP contribution in [-0.4, -0.2) is 55.1 Å². The van der Waals surface area contributed by atoms with E-state index in [4.69, 9.17) is 0 Å². The van der Waals surface area contributed by atoms with Gasteiger partial charge in [0.15, 0.2) is 0 Å². The Morgan fingerprint density at radius 3 is 2.45 bits per heavy atom. The van der Waals surface area contributed by atoms with Gasteiger partial charge >= 0.3 is 0 Å². The predicted molar refractivity (Wildman–Crippen MR) is 119 cm³/mol. The first-order valence-corrected chi connectivity index (χ1v) is 12.4. The maximum Gasteiger partial charge on any atom is 0.0481 e. The molecule has 0 aromatic heterocycles. The molecule has 0 bridgehead atoms. The molecule has 3 aliphatic carbocycles.